The largest absolute Gasteiger partial charge is 0.316 e. The Kier molecular flexibility index (Phi) is 6.28. The fourth-order valence-corrected chi connectivity index (χ4v) is 2.73. The van der Waals surface area contributed by atoms with E-state index in [-0.39, 0.29) is 0 Å². The Hall–Kier alpha value is -1.31. The molecular formula is C19H24ClN. The maximum Gasteiger partial charge on any atom is 0.0406 e. The molecule has 0 saturated carbocycles. The minimum Gasteiger partial charge on any atom is -0.316 e. The summed E-state index contributed by atoms with van der Waals surface area (Å²) in [6.07, 6.45) is 2.22. The summed E-state index contributed by atoms with van der Waals surface area (Å²) in [7, 11) is 0. The highest BCUT2D eigenvalue weighted by atomic mass is 35.5. The molecule has 2 aromatic rings. The van der Waals surface area contributed by atoms with E-state index in [1.165, 1.54) is 16.7 Å². The van der Waals surface area contributed by atoms with Gasteiger partial charge in [-0.1, -0.05) is 54.9 Å². The number of benzene rings is 2. The Morgan fingerprint density at radius 1 is 1.05 bits per heavy atom. The minimum absolute atomic E-state index is 0.481. The van der Waals surface area contributed by atoms with Crippen LogP contribution in [0.4, 0.5) is 0 Å². The molecule has 1 atom stereocenters. The van der Waals surface area contributed by atoms with Gasteiger partial charge in [0, 0.05) is 17.5 Å². The van der Waals surface area contributed by atoms with Crippen molar-refractivity contribution >= 4 is 11.6 Å². The van der Waals surface area contributed by atoms with Gasteiger partial charge in [-0.3, -0.25) is 0 Å². The number of halogens is 1. The Balaban J connectivity index is 2.15. The lowest BCUT2D eigenvalue weighted by Gasteiger charge is -2.19. The van der Waals surface area contributed by atoms with Crippen molar-refractivity contribution in [1.82, 2.24) is 5.32 Å². The summed E-state index contributed by atoms with van der Waals surface area (Å²) < 4.78 is 0. The molecule has 0 aliphatic rings. The van der Waals surface area contributed by atoms with Crippen LogP contribution in [-0.4, -0.2) is 13.1 Å². The van der Waals surface area contributed by atoms with E-state index in [0.29, 0.717) is 5.92 Å². The molecule has 0 saturated heterocycles. The van der Waals surface area contributed by atoms with Crippen LogP contribution in [0.5, 0.6) is 0 Å². The molecule has 0 amide bonds. The van der Waals surface area contributed by atoms with Gasteiger partial charge in [0.05, 0.1) is 0 Å². The van der Waals surface area contributed by atoms with E-state index in [0.717, 1.165) is 31.0 Å². The molecule has 2 aromatic carbocycles. The topological polar surface area (TPSA) is 12.0 Å². The summed E-state index contributed by atoms with van der Waals surface area (Å²) >= 11 is 6.01. The minimum atomic E-state index is 0.481. The smallest absolute Gasteiger partial charge is 0.0406 e. The van der Waals surface area contributed by atoms with E-state index in [1.807, 2.05) is 12.1 Å². The summed E-state index contributed by atoms with van der Waals surface area (Å²) in [6, 6.07) is 16.9. The predicted octanol–water partition coefficient (Wildman–Crippen LogP) is 4.97. The van der Waals surface area contributed by atoms with E-state index < -0.39 is 0 Å². The second-order valence-electron chi connectivity index (χ2n) is 5.58. The molecule has 0 aromatic heterocycles. The lowest BCUT2D eigenvalue weighted by Crippen LogP contribution is -2.23. The van der Waals surface area contributed by atoms with Crippen LogP contribution in [0.2, 0.25) is 5.02 Å². The van der Waals surface area contributed by atoms with Gasteiger partial charge in [-0.15, -0.1) is 0 Å². The molecule has 0 spiro atoms. The van der Waals surface area contributed by atoms with Gasteiger partial charge in [0.2, 0.25) is 0 Å². The molecule has 0 aliphatic carbocycles. The predicted molar refractivity (Wildman–Crippen MR) is 92.2 cm³/mol. The fourth-order valence-electron chi connectivity index (χ4n) is 2.60. The number of hydrogen-bond donors (Lipinski definition) is 1. The lowest BCUT2D eigenvalue weighted by molar-refractivity contribution is 0.576. The molecule has 1 N–H and O–H groups in total. The van der Waals surface area contributed by atoms with Gasteiger partial charge in [0.1, 0.15) is 0 Å². The third-order valence-corrected chi connectivity index (χ3v) is 4.14. The molecule has 2 heteroatoms. The molecular weight excluding hydrogens is 278 g/mol. The molecule has 1 nitrogen and oxygen atoms in total. The normalized spacial score (nSPS) is 12.3. The first-order chi connectivity index (χ1) is 10.2. The first kappa shape index (κ1) is 16.1. The van der Waals surface area contributed by atoms with Crippen molar-refractivity contribution in [3.05, 3.63) is 70.2 Å². The van der Waals surface area contributed by atoms with Crippen molar-refractivity contribution < 1.29 is 0 Å². The van der Waals surface area contributed by atoms with E-state index >= 15 is 0 Å². The van der Waals surface area contributed by atoms with E-state index in [1.54, 1.807) is 0 Å². The number of nitrogens with one attached hydrogen (secondary N) is 1. The van der Waals surface area contributed by atoms with Crippen molar-refractivity contribution in [2.24, 2.45) is 0 Å². The second kappa shape index (κ2) is 8.21. The molecule has 0 radical (unpaired) electrons. The Morgan fingerprint density at radius 2 is 1.76 bits per heavy atom. The molecule has 0 bridgehead atoms. The van der Waals surface area contributed by atoms with Crippen LogP contribution in [-0.2, 0) is 6.42 Å². The van der Waals surface area contributed by atoms with Crippen LogP contribution in [0, 0.1) is 6.92 Å². The van der Waals surface area contributed by atoms with Gasteiger partial charge < -0.3 is 5.32 Å². The van der Waals surface area contributed by atoms with Crippen LogP contribution in [0.25, 0.3) is 0 Å². The average molecular weight is 302 g/mol. The van der Waals surface area contributed by atoms with Gasteiger partial charge in [-0.05, 0) is 55.1 Å². The molecule has 1 unspecified atom stereocenters. The van der Waals surface area contributed by atoms with Crippen molar-refractivity contribution in [3.63, 3.8) is 0 Å². The van der Waals surface area contributed by atoms with Gasteiger partial charge in [-0.25, -0.2) is 0 Å². The van der Waals surface area contributed by atoms with Crippen LogP contribution in [0.15, 0.2) is 48.5 Å². The van der Waals surface area contributed by atoms with Crippen molar-refractivity contribution in [1.29, 1.82) is 0 Å². The van der Waals surface area contributed by atoms with Crippen molar-refractivity contribution in [2.75, 3.05) is 13.1 Å². The van der Waals surface area contributed by atoms with Crippen LogP contribution in [0.1, 0.15) is 36.0 Å². The average Bonchev–Trinajstić information content (AvgIpc) is 2.49. The van der Waals surface area contributed by atoms with Gasteiger partial charge in [0.25, 0.3) is 0 Å². The Bertz CT molecular complexity index is 548. The highest BCUT2D eigenvalue weighted by molar-refractivity contribution is 6.30. The second-order valence-corrected chi connectivity index (χ2v) is 6.02. The molecule has 2 rings (SSSR count). The first-order valence-electron chi connectivity index (χ1n) is 7.71. The molecule has 0 heterocycles. The number of rotatable bonds is 7. The van der Waals surface area contributed by atoms with Crippen LogP contribution in [0.3, 0.4) is 0 Å². The van der Waals surface area contributed by atoms with E-state index in [4.69, 9.17) is 11.6 Å². The maximum atomic E-state index is 6.01. The Labute approximate surface area is 133 Å². The zero-order chi connectivity index (χ0) is 15.1. The summed E-state index contributed by atoms with van der Waals surface area (Å²) in [5.74, 6) is 0.481. The Morgan fingerprint density at radius 3 is 2.43 bits per heavy atom. The molecule has 21 heavy (non-hydrogen) atoms. The quantitative estimate of drug-likeness (QED) is 0.712. The summed E-state index contributed by atoms with van der Waals surface area (Å²) in [5, 5.41) is 4.36. The summed E-state index contributed by atoms with van der Waals surface area (Å²) in [6.45, 7) is 6.46. The molecule has 112 valence electrons. The molecule has 0 aliphatic heterocycles. The van der Waals surface area contributed by atoms with E-state index in [2.05, 4.69) is 55.6 Å². The highest BCUT2D eigenvalue weighted by Crippen LogP contribution is 2.23. The molecule has 0 fully saturated rings. The first-order valence-corrected chi connectivity index (χ1v) is 8.09. The standard InChI is InChI=1S/C19H24ClN/c1-3-12-21-14-18(16-8-10-19(20)11-9-16)13-17-7-5-4-6-15(17)2/h4-11,18,21H,3,12-14H2,1-2H3. The maximum absolute atomic E-state index is 6.01. The van der Waals surface area contributed by atoms with Crippen LogP contribution < -0.4 is 5.32 Å². The number of hydrogen-bond acceptors (Lipinski definition) is 1. The monoisotopic (exact) mass is 301 g/mol. The SMILES string of the molecule is CCCNCC(Cc1ccccc1C)c1ccc(Cl)cc1. The number of aryl methyl sites for hydroxylation is 1. The van der Waals surface area contributed by atoms with Crippen LogP contribution >= 0.6 is 11.6 Å². The lowest BCUT2D eigenvalue weighted by atomic mass is 9.90. The van der Waals surface area contributed by atoms with Crippen molar-refractivity contribution in [3.8, 4) is 0 Å². The van der Waals surface area contributed by atoms with E-state index in [9.17, 15) is 0 Å². The zero-order valence-electron chi connectivity index (χ0n) is 12.9. The van der Waals surface area contributed by atoms with Gasteiger partial charge in [-0.2, -0.15) is 0 Å². The third kappa shape index (κ3) is 4.87. The summed E-state index contributed by atoms with van der Waals surface area (Å²) in [5.41, 5.74) is 4.15. The van der Waals surface area contributed by atoms with Crippen molar-refractivity contribution in [2.45, 2.75) is 32.6 Å². The fraction of sp³-hybridized carbons (Fsp3) is 0.368. The van der Waals surface area contributed by atoms with Gasteiger partial charge >= 0.3 is 0 Å². The van der Waals surface area contributed by atoms with Gasteiger partial charge in [0.15, 0.2) is 0 Å². The summed E-state index contributed by atoms with van der Waals surface area (Å²) in [4.78, 5) is 0. The zero-order valence-corrected chi connectivity index (χ0v) is 13.7. The highest BCUT2D eigenvalue weighted by Gasteiger charge is 2.13. The third-order valence-electron chi connectivity index (χ3n) is 3.89.